The van der Waals surface area contributed by atoms with Gasteiger partial charge in [-0.2, -0.15) is 0 Å². The number of fused-ring (bicyclic) bond motifs is 2. The van der Waals surface area contributed by atoms with Crippen LogP contribution in [0.2, 0.25) is 0 Å². The summed E-state index contributed by atoms with van der Waals surface area (Å²) in [7, 11) is 3.33. The van der Waals surface area contributed by atoms with Gasteiger partial charge in [0, 0.05) is 64.1 Å². The number of imidazole rings is 1. The van der Waals surface area contributed by atoms with Crippen molar-refractivity contribution in [3.63, 3.8) is 0 Å². The number of anilines is 2. The zero-order valence-electron chi connectivity index (χ0n) is 39.4. The summed E-state index contributed by atoms with van der Waals surface area (Å²) in [4.78, 5) is 70.0. The van der Waals surface area contributed by atoms with Crippen molar-refractivity contribution in [3.8, 4) is 35.2 Å². The second-order valence-corrected chi connectivity index (χ2v) is 17.5. The van der Waals surface area contributed by atoms with Crippen LogP contribution >= 0.6 is 0 Å². The van der Waals surface area contributed by atoms with Crippen molar-refractivity contribution in [1.29, 1.82) is 0 Å². The van der Waals surface area contributed by atoms with Crippen molar-refractivity contribution in [2.75, 3.05) is 63.2 Å². The Labute approximate surface area is 406 Å². The van der Waals surface area contributed by atoms with Crippen LogP contribution in [0.4, 0.5) is 11.4 Å². The quantitative estimate of drug-likeness (QED) is 0.192. The van der Waals surface area contributed by atoms with Gasteiger partial charge in [-0.1, -0.05) is 84.3 Å². The third-order valence-electron chi connectivity index (χ3n) is 12.5. The topological polar surface area (TPSA) is 172 Å². The molecule has 5 heterocycles. The van der Waals surface area contributed by atoms with Crippen molar-refractivity contribution in [3.05, 3.63) is 150 Å². The van der Waals surface area contributed by atoms with Crippen molar-refractivity contribution < 1.29 is 28.7 Å². The maximum absolute atomic E-state index is 13.7. The number of amides is 4. The minimum Gasteiger partial charge on any atom is -0.486 e. The zero-order chi connectivity index (χ0) is 48.7. The van der Waals surface area contributed by atoms with E-state index in [0.717, 1.165) is 48.4 Å². The molecule has 0 radical (unpaired) electrons. The first kappa shape index (κ1) is 46.8. The molecule has 1 saturated heterocycles. The number of carbonyl (C=O) groups excluding carboxylic acids is 4. The third kappa shape index (κ3) is 10.9. The van der Waals surface area contributed by atoms with Crippen molar-refractivity contribution in [1.82, 2.24) is 44.7 Å². The number of piperazine rings is 1. The maximum atomic E-state index is 13.7. The number of rotatable bonds is 10. The molecule has 3 aliphatic heterocycles. The number of likely N-dealkylation sites (N-methyl/N-ethyl adjacent to an activating group) is 2. The molecule has 1 fully saturated rings. The minimum atomic E-state index is -0.974. The largest absolute Gasteiger partial charge is 0.486 e. The van der Waals surface area contributed by atoms with Gasteiger partial charge in [0.25, 0.3) is 23.6 Å². The average Bonchev–Trinajstić information content (AvgIpc) is 4.02. The van der Waals surface area contributed by atoms with E-state index in [0.29, 0.717) is 49.1 Å². The van der Waals surface area contributed by atoms with Crippen LogP contribution in [0.25, 0.3) is 0 Å². The van der Waals surface area contributed by atoms with E-state index >= 15 is 0 Å². The van der Waals surface area contributed by atoms with Crippen LogP contribution in [0.15, 0.2) is 116 Å². The summed E-state index contributed by atoms with van der Waals surface area (Å²) in [5, 5.41) is 9.96. The van der Waals surface area contributed by atoms with E-state index in [4.69, 9.17) is 9.47 Å². The van der Waals surface area contributed by atoms with Gasteiger partial charge in [-0.15, -0.1) is 5.10 Å². The molecule has 17 heteroatoms. The van der Waals surface area contributed by atoms with Crippen LogP contribution < -0.4 is 29.9 Å². The molecule has 3 aliphatic rings. The Balaban J connectivity index is 0.739. The van der Waals surface area contributed by atoms with Gasteiger partial charge in [0.15, 0.2) is 0 Å². The number of nitrogens with one attached hydrogen (secondary N) is 2. The monoisotopic (exact) mass is 939 g/mol. The lowest BCUT2D eigenvalue weighted by Crippen LogP contribution is -2.53. The number of nitrogens with zero attached hydrogens (tertiary/aromatic N) is 9. The Hall–Kier alpha value is -8.25. The number of aromatic nitrogens is 5. The van der Waals surface area contributed by atoms with Crippen molar-refractivity contribution in [2.24, 2.45) is 0 Å². The van der Waals surface area contributed by atoms with E-state index in [1.165, 1.54) is 16.1 Å². The first-order valence-electron chi connectivity index (χ1n) is 23.2. The van der Waals surface area contributed by atoms with Crippen LogP contribution in [-0.2, 0) is 22.7 Å². The average molecular weight is 940 g/mol. The zero-order valence-corrected chi connectivity index (χ0v) is 39.4. The molecule has 4 amide bonds. The Kier molecular flexibility index (Phi) is 14.0. The van der Waals surface area contributed by atoms with Crippen molar-refractivity contribution in [2.45, 2.75) is 51.2 Å². The fourth-order valence-electron chi connectivity index (χ4n) is 8.50. The lowest BCUT2D eigenvalue weighted by Gasteiger charge is -2.32. The Morgan fingerprint density at radius 2 is 1.14 bits per heavy atom. The molecule has 4 atom stereocenters. The lowest BCUT2D eigenvalue weighted by atomic mass is 10.1. The van der Waals surface area contributed by atoms with Gasteiger partial charge in [-0.3, -0.25) is 29.0 Å². The van der Waals surface area contributed by atoms with Crippen molar-refractivity contribution >= 4 is 35.0 Å². The number of hydrogen-bond acceptors (Lipinski definition) is 11. The molecular formula is C53H53N11O6. The van der Waals surface area contributed by atoms with E-state index in [2.05, 4.69) is 59.2 Å². The summed E-state index contributed by atoms with van der Waals surface area (Å²) < 4.78 is 15.8. The third-order valence-corrected chi connectivity index (χ3v) is 12.5. The predicted octanol–water partition coefficient (Wildman–Crippen LogP) is 3.68. The lowest BCUT2D eigenvalue weighted by molar-refractivity contribution is -0.122. The molecular weight excluding hydrogens is 887 g/mol. The molecule has 4 aromatic carbocycles. The molecule has 2 N–H and O–H groups in total. The highest BCUT2D eigenvalue weighted by atomic mass is 16.5. The highest BCUT2D eigenvalue weighted by molar-refractivity contribution is 6.04. The molecule has 0 bridgehead atoms. The highest BCUT2D eigenvalue weighted by Gasteiger charge is 2.38. The predicted molar refractivity (Wildman–Crippen MR) is 262 cm³/mol. The van der Waals surface area contributed by atoms with Gasteiger partial charge in [0.05, 0.1) is 37.3 Å². The number of benzene rings is 4. The SMILES string of the molecule is C[C@H]1Oc2ccc(C#CCN3CCN(CC#Cc4ccc5c(c4)N(C)C(=O)[C@@H](NC(=O)c4ncn(Cc6ccccc6)n4)[C@@H](C)O5)CC3)cc2N(C)C(=O)[C@H]1NC(=O)c1cn(Cc2ccccc2)cn1. The fraction of sp³-hybridized carbons (Fsp3) is 0.302. The van der Waals surface area contributed by atoms with E-state index in [1.54, 1.807) is 51.2 Å². The summed E-state index contributed by atoms with van der Waals surface area (Å²) in [6.07, 6.45) is 3.46. The summed E-state index contributed by atoms with van der Waals surface area (Å²) >= 11 is 0. The first-order chi connectivity index (χ1) is 33.9. The molecule has 356 valence electrons. The summed E-state index contributed by atoms with van der Waals surface area (Å²) in [6.45, 7) is 9.00. The molecule has 0 unspecified atom stereocenters. The fourth-order valence-corrected chi connectivity index (χ4v) is 8.50. The normalized spacial score (nSPS) is 19.1. The highest BCUT2D eigenvalue weighted by Crippen LogP contribution is 2.35. The van der Waals surface area contributed by atoms with Crippen LogP contribution in [0.1, 0.15) is 57.2 Å². The standard InChI is InChI=1S/C53H53N11O6/c1-36-47(56-50(65)42-33-63(34-54-42)31-40-13-7-5-8-14-40)52(67)59(3)43-29-38(19-21-45(43)69-36)17-11-23-61-25-27-62(28-26-61)24-12-18-39-20-22-46-44(30-39)60(4)53(68)48(37(2)70-46)57-51(66)49-55-35-64(58-49)32-41-15-9-6-10-16-41/h5-10,13-16,19-22,29-30,33-37,47-48H,23-28,31-32H2,1-4H3,(H,56,65)(H,57,66)/t36-,37-,47+,48+/m1/s1. The van der Waals surface area contributed by atoms with Crippen LogP contribution in [-0.4, -0.2) is 135 Å². The van der Waals surface area contributed by atoms with Crippen LogP contribution in [0, 0.1) is 23.7 Å². The first-order valence-corrected chi connectivity index (χ1v) is 23.2. The minimum absolute atomic E-state index is 0.0360. The second kappa shape index (κ2) is 20.9. The number of hydrogen-bond donors (Lipinski definition) is 2. The van der Waals surface area contributed by atoms with Gasteiger partial charge in [-0.25, -0.2) is 14.6 Å². The molecule has 0 saturated carbocycles. The Bertz CT molecular complexity index is 2810. The van der Waals surface area contributed by atoms with Gasteiger partial charge in [-0.05, 0) is 61.4 Å². The van der Waals surface area contributed by atoms with E-state index < -0.39 is 36.1 Å². The summed E-state index contributed by atoms with van der Waals surface area (Å²) in [6, 6.07) is 28.7. The van der Waals surface area contributed by atoms with Crippen LogP contribution in [0.3, 0.4) is 0 Å². The van der Waals surface area contributed by atoms with Gasteiger partial charge >= 0.3 is 0 Å². The van der Waals surface area contributed by atoms with E-state index in [1.807, 2.05) is 95.6 Å². The Morgan fingerprint density at radius 3 is 1.67 bits per heavy atom. The van der Waals surface area contributed by atoms with E-state index in [9.17, 15) is 19.2 Å². The molecule has 2 aromatic heterocycles. The van der Waals surface area contributed by atoms with E-state index in [-0.39, 0.29) is 23.3 Å². The van der Waals surface area contributed by atoms with Gasteiger partial charge in [0.1, 0.15) is 47.8 Å². The maximum Gasteiger partial charge on any atom is 0.291 e. The van der Waals surface area contributed by atoms with Gasteiger partial charge in [0.2, 0.25) is 5.82 Å². The number of ether oxygens (including phenoxy) is 2. The molecule has 70 heavy (non-hydrogen) atoms. The molecule has 0 aliphatic carbocycles. The summed E-state index contributed by atoms with van der Waals surface area (Å²) in [5.41, 5.74) is 4.92. The number of carbonyl (C=O) groups is 4. The summed E-state index contributed by atoms with van der Waals surface area (Å²) in [5.74, 6) is 12.4. The molecule has 9 rings (SSSR count). The Morgan fingerprint density at radius 1 is 0.643 bits per heavy atom. The smallest absolute Gasteiger partial charge is 0.291 e. The second-order valence-electron chi connectivity index (χ2n) is 17.5. The molecule has 0 spiro atoms. The van der Waals surface area contributed by atoms with Gasteiger partial charge < -0.3 is 34.5 Å². The van der Waals surface area contributed by atoms with Crippen LogP contribution in [0.5, 0.6) is 11.5 Å². The molecule has 6 aromatic rings. The molecule has 17 nitrogen and oxygen atoms in total.